The smallest absolute Gasteiger partial charge is 0.216 e. The first-order valence-corrected chi connectivity index (χ1v) is 8.93. The number of ether oxygens (including phenoxy) is 1. The number of benzene rings is 2. The summed E-state index contributed by atoms with van der Waals surface area (Å²) in [6.07, 6.45) is 0. The molecule has 0 spiro atoms. The average Bonchev–Trinajstić information content (AvgIpc) is 2.50. The molecule has 1 atom stereocenters. The average molecular weight is 358 g/mol. The minimum Gasteiger partial charge on any atom is -0.496 e. The van der Waals surface area contributed by atoms with Crippen LogP contribution in [0.15, 0.2) is 42.5 Å². The van der Waals surface area contributed by atoms with E-state index in [0.717, 1.165) is 0 Å². The molecule has 0 aliphatic carbocycles. The lowest BCUT2D eigenvalue weighted by Gasteiger charge is -2.17. The fourth-order valence-corrected chi connectivity index (χ4v) is 3.99. The maximum absolute atomic E-state index is 13.8. The van der Waals surface area contributed by atoms with E-state index in [-0.39, 0.29) is 10.6 Å². The molecular weight excluding hydrogens is 341 g/mol. The largest absolute Gasteiger partial charge is 0.496 e. The van der Waals surface area contributed by atoms with Crippen LogP contribution in [0.25, 0.3) is 0 Å². The van der Waals surface area contributed by atoms with Gasteiger partial charge in [-0.1, -0.05) is 35.9 Å². The first kappa shape index (κ1) is 17.7. The second-order valence-electron chi connectivity index (χ2n) is 5.04. The van der Waals surface area contributed by atoms with Gasteiger partial charge in [-0.3, -0.25) is 0 Å². The quantitative estimate of drug-likeness (QED) is 0.858. The van der Waals surface area contributed by atoms with Gasteiger partial charge in [-0.15, -0.1) is 0 Å². The highest BCUT2D eigenvalue weighted by Crippen LogP contribution is 2.26. The van der Waals surface area contributed by atoms with Crippen molar-refractivity contribution in [2.45, 2.75) is 18.7 Å². The van der Waals surface area contributed by atoms with Crippen LogP contribution in [0, 0.1) is 5.82 Å². The zero-order chi connectivity index (χ0) is 17.0. The van der Waals surface area contributed by atoms with E-state index in [1.54, 1.807) is 31.2 Å². The van der Waals surface area contributed by atoms with Gasteiger partial charge in [-0.2, -0.15) is 0 Å². The van der Waals surface area contributed by atoms with E-state index in [4.69, 9.17) is 16.3 Å². The third-order valence-corrected chi connectivity index (χ3v) is 5.09. The number of rotatable bonds is 6. The number of hydrogen-bond acceptors (Lipinski definition) is 3. The molecule has 2 aromatic carbocycles. The molecule has 124 valence electrons. The Kier molecular flexibility index (Phi) is 5.62. The van der Waals surface area contributed by atoms with Crippen molar-refractivity contribution in [3.05, 3.63) is 64.4 Å². The van der Waals surface area contributed by atoms with Crippen molar-refractivity contribution in [3.8, 4) is 5.75 Å². The van der Waals surface area contributed by atoms with Gasteiger partial charge < -0.3 is 4.74 Å². The number of hydrogen-bond donors (Lipinski definition) is 1. The van der Waals surface area contributed by atoms with Crippen LogP contribution >= 0.6 is 11.6 Å². The van der Waals surface area contributed by atoms with Gasteiger partial charge in [0.05, 0.1) is 12.9 Å². The SMILES string of the molecule is COc1ccccc1[C@H](C)NS(=O)(=O)Cc1c(F)cccc1Cl. The maximum Gasteiger partial charge on any atom is 0.216 e. The summed E-state index contributed by atoms with van der Waals surface area (Å²) in [5.41, 5.74) is 0.645. The number of nitrogens with one attached hydrogen (secondary N) is 1. The molecule has 0 saturated carbocycles. The van der Waals surface area contributed by atoms with E-state index in [0.29, 0.717) is 11.3 Å². The van der Waals surface area contributed by atoms with E-state index in [9.17, 15) is 12.8 Å². The Labute approximate surface area is 140 Å². The van der Waals surface area contributed by atoms with Crippen molar-refractivity contribution in [1.82, 2.24) is 4.72 Å². The summed E-state index contributed by atoms with van der Waals surface area (Å²) in [6, 6.07) is 10.6. The molecule has 0 fully saturated rings. The molecule has 4 nitrogen and oxygen atoms in total. The maximum atomic E-state index is 13.8. The van der Waals surface area contributed by atoms with Gasteiger partial charge in [0.2, 0.25) is 10.0 Å². The summed E-state index contributed by atoms with van der Waals surface area (Å²) in [4.78, 5) is 0. The Balaban J connectivity index is 2.21. The van der Waals surface area contributed by atoms with Crippen LogP contribution < -0.4 is 9.46 Å². The highest BCUT2D eigenvalue weighted by Gasteiger charge is 2.21. The molecular formula is C16H17ClFNO3S. The van der Waals surface area contributed by atoms with Gasteiger partial charge in [0.15, 0.2) is 0 Å². The summed E-state index contributed by atoms with van der Waals surface area (Å²) < 4.78 is 46.1. The predicted octanol–water partition coefficient (Wildman–Crippen LogP) is 3.67. The van der Waals surface area contributed by atoms with Crippen molar-refractivity contribution in [2.75, 3.05) is 7.11 Å². The first-order chi connectivity index (χ1) is 10.8. The molecule has 7 heteroatoms. The summed E-state index contributed by atoms with van der Waals surface area (Å²) in [5, 5.41) is 0.0836. The van der Waals surface area contributed by atoms with E-state index in [2.05, 4.69) is 4.72 Å². The van der Waals surface area contributed by atoms with Crippen LogP contribution in [0.3, 0.4) is 0 Å². The highest BCUT2D eigenvalue weighted by molar-refractivity contribution is 7.88. The topological polar surface area (TPSA) is 55.4 Å². The van der Waals surface area contributed by atoms with E-state index in [1.165, 1.54) is 25.3 Å². The molecule has 0 aromatic heterocycles. The van der Waals surface area contributed by atoms with Crippen LogP contribution in [0.5, 0.6) is 5.75 Å². The van der Waals surface area contributed by atoms with Crippen LogP contribution in [-0.4, -0.2) is 15.5 Å². The minimum atomic E-state index is -3.78. The second kappa shape index (κ2) is 7.29. The third-order valence-electron chi connectivity index (χ3n) is 3.36. The van der Waals surface area contributed by atoms with Crippen LogP contribution in [0.4, 0.5) is 4.39 Å². The summed E-state index contributed by atoms with van der Waals surface area (Å²) in [5.74, 6) is -0.600. The lowest BCUT2D eigenvalue weighted by molar-refractivity contribution is 0.405. The monoisotopic (exact) mass is 357 g/mol. The van der Waals surface area contributed by atoms with Crippen molar-refractivity contribution in [3.63, 3.8) is 0 Å². The molecule has 2 rings (SSSR count). The number of methoxy groups -OCH3 is 1. The summed E-state index contributed by atoms with van der Waals surface area (Å²) in [7, 11) is -2.27. The standard InChI is InChI=1S/C16H17ClFNO3S/c1-11(12-6-3-4-9-16(12)22-2)19-23(20,21)10-13-14(17)7-5-8-15(13)18/h3-9,11,19H,10H2,1-2H3/t11-/m0/s1. The van der Waals surface area contributed by atoms with Crippen molar-refractivity contribution in [2.24, 2.45) is 0 Å². The summed E-state index contributed by atoms with van der Waals surface area (Å²) >= 11 is 5.88. The van der Waals surface area contributed by atoms with Gasteiger partial charge >= 0.3 is 0 Å². The fraction of sp³-hybridized carbons (Fsp3) is 0.250. The van der Waals surface area contributed by atoms with Crippen LogP contribution in [0.1, 0.15) is 24.1 Å². The third kappa shape index (κ3) is 4.43. The Morgan fingerprint density at radius 2 is 1.91 bits per heavy atom. The van der Waals surface area contributed by atoms with Gasteiger partial charge in [0.25, 0.3) is 0 Å². The normalized spacial score (nSPS) is 12.9. The van der Waals surface area contributed by atoms with Crippen molar-refractivity contribution in [1.29, 1.82) is 0 Å². The highest BCUT2D eigenvalue weighted by atomic mass is 35.5. The molecule has 0 saturated heterocycles. The lowest BCUT2D eigenvalue weighted by atomic mass is 10.1. The molecule has 0 aliphatic heterocycles. The van der Waals surface area contributed by atoms with E-state index < -0.39 is 27.6 Å². The van der Waals surface area contributed by atoms with E-state index in [1.807, 2.05) is 0 Å². The predicted molar refractivity (Wildman–Crippen MR) is 88.6 cm³/mol. The van der Waals surface area contributed by atoms with Gasteiger partial charge in [-0.25, -0.2) is 17.5 Å². The number of halogens is 2. The van der Waals surface area contributed by atoms with E-state index >= 15 is 0 Å². The lowest BCUT2D eigenvalue weighted by Crippen LogP contribution is -2.28. The molecule has 0 aliphatic rings. The molecule has 0 amide bonds. The molecule has 2 aromatic rings. The minimum absolute atomic E-state index is 0.0473. The Bertz CT molecular complexity index is 775. The Morgan fingerprint density at radius 3 is 2.57 bits per heavy atom. The zero-order valence-electron chi connectivity index (χ0n) is 12.7. The van der Waals surface area contributed by atoms with Crippen molar-refractivity contribution < 1.29 is 17.5 Å². The molecule has 0 unspecified atom stereocenters. The Morgan fingerprint density at radius 1 is 1.22 bits per heavy atom. The molecule has 23 heavy (non-hydrogen) atoms. The van der Waals surface area contributed by atoms with Gasteiger partial charge in [0.1, 0.15) is 11.6 Å². The van der Waals surface area contributed by atoms with Crippen LogP contribution in [-0.2, 0) is 15.8 Å². The van der Waals surface area contributed by atoms with Gasteiger partial charge in [-0.05, 0) is 25.1 Å². The zero-order valence-corrected chi connectivity index (χ0v) is 14.3. The van der Waals surface area contributed by atoms with Crippen LogP contribution in [0.2, 0.25) is 5.02 Å². The number of sulfonamides is 1. The Hall–Kier alpha value is -1.63. The molecule has 1 N–H and O–H groups in total. The van der Waals surface area contributed by atoms with Gasteiger partial charge in [0, 0.05) is 22.2 Å². The second-order valence-corrected chi connectivity index (χ2v) is 7.20. The fourth-order valence-electron chi connectivity index (χ4n) is 2.26. The number of para-hydroxylation sites is 1. The molecule has 0 bridgehead atoms. The first-order valence-electron chi connectivity index (χ1n) is 6.90. The summed E-state index contributed by atoms with van der Waals surface area (Å²) in [6.45, 7) is 1.69. The molecule has 0 radical (unpaired) electrons. The van der Waals surface area contributed by atoms with Crippen molar-refractivity contribution >= 4 is 21.6 Å². The molecule has 0 heterocycles.